The minimum Gasteiger partial charge on any atom is -0.480 e. The van der Waals surface area contributed by atoms with Crippen LogP contribution in [0, 0.1) is 0 Å². The molecule has 1 saturated heterocycles. The Labute approximate surface area is 93.2 Å². The number of hydrogen-bond acceptors (Lipinski definition) is 4. The molecule has 0 spiro atoms. The molecule has 2 N–H and O–H groups in total. The lowest BCUT2D eigenvalue weighted by Crippen LogP contribution is -2.47. The summed E-state index contributed by atoms with van der Waals surface area (Å²) in [5.41, 5.74) is 0. The summed E-state index contributed by atoms with van der Waals surface area (Å²) in [6, 6.07) is -0.208. The van der Waals surface area contributed by atoms with E-state index in [9.17, 15) is 9.59 Å². The molecule has 1 amide bonds. The van der Waals surface area contributed by atoms with E-state index in [-0.39, 0.29) is 18.5 Å². The summed E-state index contributed by atoms with van der Waals surface area (Å²) < 4.78 is 0. The molecule has 0 saturated carbocycles. The number of nitrogens with zero attached hydrogens (tertiary/aromatic N) is 1. The molecule has 0 aromatic heterocycles. The Kier molecular flexibility index (Phi) is 4.90. The van der Waals surface area contributed by atoms with E-state index in [0.717, 1.165) is 18.1 Å². The summed E-state index contributed by atoms with van der Waals surface area (Å²) in [6.07, 6.45) is 0.777. The van der Waals surface area contributed by atoms with Crippen LogP contribution in [0.3, 0.4) is 0 Å². The largest absolute Gasteiger partial charge is 0.480 e. The fourth-order valence-corrected chi connectivity index (χ4v) is 2.41. The third-order valence-corrected chi connectivity index (χ3v) is 3.09. The summed E-state index contributed by atoms with van der Waals surface area (Å²) >= 11 is 1.66. The van der Waals surface area contributed by atoms with Gasteiger partial charge in [0.1, 0.15) is 6.54 Å². The molecular formula is C9H16N2O3S. The maximum absolute atomic E-state index is 11.9. The number of carbonyl (C=O) groups excluding carboxylic acids is 1. The fraction of sp³-hybridized carbons (Fsp3) is 0.778. The van der Waals surface area contributed by atoms with Crippen LogP contribution in [0.15, 0.2) is 0 Å². The molecule has 1 fully saturated rings. The van der Waals surface area contributed by atoms with Gasteiger partial charge in [-0.15, -0.1) is 11.8 Å². The minimum absolute atomic E-state index is 0.0933. The maximum Gasteiger partial charge on any atom is 0.323 e. The van der Waals surface area contributed by atoms with Crippen molar-refractivity contribution < 1.29 is 14.7 Å². The van der Waals surface area contributed by atoms with Gasteiger partial charge in [-0.3, -0.25) is 14.9 Å². The number of carboxylic acid groups (broad SMARTS) is 1. The van der Waals surface area contributed by atoms with E-state index in [1.54, 1.807) is 11.8 Å². The molecule has 1 aliphatic heterocycles. The van der Waals surface area contributed by atoms with Crippen molar-refractivity contribution in [3.63, 3.8) is 0 Å². The van der Waals surface area contributed by atoms with Crippen LogP contribution in [-0.2, 0) is 9.59 Å². The lowest BCUT2D eigenvalue weighted by Gasteiger charge is -2.23. The molecule has 1 atom stereocenters. The van der Waals surface area contributed by atoms with Crippen LogP contribution in [0.1, 0.15) is 13.3 Å². The smallest absolute Gasteiger partial charge is 0.323 e. The molecular weight excluding hydrogens is 216 g/mol. The predicted octanol–water partition coefficient (Wildman–Crippen LogP) is -0.0279. The Hall–Kier alpha value is -0.750. The van der Waals surface area contributed by atoms with E-state index >= 15 is 0 Å². The molecule has 6 heteroatoms. The fourth-order valence-electron chi connectivity index (χ4n) is 1.47. The topological polar surface area (TPSA) is 69.6 Å². The van der Waals surface area contributed by atoms with Crippen molar-refractivity contribution in [2.24, 2.45) is 0 Å². The zero-order valence-electron chi connectivity index (χ0n) is 8.73. The van der Waals surface area contributed by atoms with Crippen molar-refractivity contribution in [3.05, 3.63) is 0 Å². The molecule has 0 aliphatic carbocycles. The monoisotopic (exact) mass is 232 g/mol. The quantitative estimate of drug-likeness (QED) is 0.696. The highest BCUT2D eigenvalue weighted by atomic mass is 32.2. The molecule has 1 rings (SSSR count). The minimum atomic E-state index is -0.956. The third kappa shape index (κ3) is 3.71. The number of carbonyl (C=O) groups is 2. The molecule has 5 nitrogen and oxygen atoms in total. The van der Waals surface area contributed by atoms with E-state index in [2.05, 4.69) is 5.32 Å². The average Bonchev–Trinajstić information content (AvgIpc) is 2.68. The number of carboxylic acids is 1. The number of aliphatic carboxylic acids is 1. The molecule has 1 heterocycles. The van der Waals surface area contributed by atoms with Crippen molar-refractivity contribution in [2.75, 3.05) is 24.7 Å². The van der Waals surface area contributed by atoms with Gasteiger partial charge in [0.25, 0.3) is 0 Å². The highest BCUT2D eigenvalue weighted by Crippen LogP contribution is 2.12. The standard InChI is InChI=1S/C9H16N2O3S/c1-2-3-11(4-8(12)13)9(14)7-5-15-6-10-7/h7,10H,2-6H2,1H3,(H,12,13). The summed E-state index contributed by atoms with van der Waals surface area (Å²) in [5, 5.41) is 11.7. The van der Waals surface area contributed by atoms with Crippen LogP contribution < -0.4 is 5.32 Å². The second kappa shape index (κ2) is 5.97. The highest BCUT2D eigenvalue weighted by Gasteiger charge is 2.27. The van der Waals surface area contributed by atoms with Gasteiger partial charge in [0, 0.05) is 18.2 Å². The highest BCUT2D eigenvalue weighted by molar-refractivity contribution is 7.99. The molecule has 15 heavy (non-hydrogen) atoms. The van der Waals surface area contributed by atoms with Crippen molar-refractivity contribution in [3.8, 4) is 0 Å². The zero-order chi connectivity index (χ0) is 11.3. The van der Waals surface area contributed by atoms with E-state index in [1.807, 2.05) is 6.92 Å². The van der Waals surface area contributed by atoms with Gasteiger partial charge in [-0.1, -0.05) is 6.92 Å². The van der Waals surface area contributed by atoms with Gasteiger partial charge in [-0.25, -0.2) is 0 Å². The lowest BCUT2D eigenvalue weighted by molar-refractivity contribution is -0.145. The van der Waals surface area contributed by atoms with Crippen molar-refractivity contribution in [1.82, 2.24) is 10.2 Å². The molecule has 0 aromatic carbocycles. The van der Waals surface area contributed by atoms with Gasteiger partial charge in [-0.2, -0.15) is 0 Å². The first-order chi connectivity index (χ1) is 7.15. The van der Waals surface area contributed by atoms with Crippen LogP contribution in [0.25, 0.3) is 0 Å². The first-order valence-electron chi connectivity index (χ1n) is 4.97. The lowest BCUT2D eigenvalue weighted by atomic mass is 10.2. The molecule has 1 aliphatic rings. The van der Waals surface area contributed by atoms with Crippen LogP contribution >= 0.6 is 11.8 Å². The van der Waals surface area contributed by atoms with Crippen LogP contribution in [0.2, 0.25) is 0 Å². The van der Waals surface area contributed by atoms with E-state index in [0.29, 0.717) is 6.54 Å². The maximum atomic E-state index is 11.9. The molecule has 0 radical (unpaired) electrons. The van der Waals surface area contributed by atoms with Gasteiger partial charge >= 0.3 is 5.97 Å². The first kappa shape index (κ1) is 12.3. The Morgan fingerprint density at radius 3 is 2.80 bits per heavy atom. The Morgan fingerprint density at radius 1 is 1.60 bits per heavy atom. The van der Waals surface area contributed by atoms with Crippen molar-refractivity contribution in [2.45, 2.75) is 19.4 Å². The molecule has 0 bridgehead atoms. The normalized spacial score (nSPS) is 20.2. The van der Waals surface area contributed by atoms with Crippen LogP contribution in [0.5, 0.6) is 0 Å². The van der Waals surface area contributed by atoms with Crippen molar-refractivity contribution >= 4 is 23.6 Å². The van der Waals surface area contributed by atoms with E-state index < -0.39 is 5.97 Å². The Balaban J connectivity index is 2.52. The number of hydrogen-bond donors (Lipinski definition) is 2. The number of thioether (sulfide) groups is 1. The third-order valence-electron chi connectivity index (χ3n) is 2.15. The van der Waals surface area contributed by atoms with Crippen molar-refractivity contribution in [1.29, 1.82) is 0 Å². The summed E-state index contributed by atoms with van der Waals surface area (Å²) in [5.74, 6) is 0.453. The van der Waals surface area contributed by atoms with Gasteiger partial charge in [0.2, 0.25) is 5.91 Å². The van der Waals surface area contributed by atoms with Gasteiger partial charge in [0.15, 0.2) is 0 Å². The molecule has 86 valence electrons. The number of rotatable bonds is 5. The summed E-state index contributed by atoms with van der Waals surface area (Å²) in [6.45, 7) is 2.24. The summed E-state index contributed by atoms with van der Waals surface area (Å²) in [4.78, 5) is 23.9. The van der Waals surface area contributed by atoms with Gasteiger partial charge in [0.05, 0.1) is 6.04 Å². The predicted molar refractivity (Wildman–Crippen MR) is 58.8 cm³/mol. The summed E-state index contributed by atoms with van der Waals surface area (Å²) in [7, 11) is 0. The van der Waals surface area contributed by atoms with Crippen LogP contribution in [0.4, 0.5) is 0 Å². The number of nitrogens with one attached hydrogen (secondary N) is 1. The van der Waals surface area contributed by atoms with E-state index in [4.69, 9.17) is 5.11 Å². The zero-order valence-corrected chi connectivity index (χ0v) is 9.55. The molecule has 0 aromatic rings. The van der Waals surface area contributed by atoms with E-state index in [1.165, 1.54) is 4.90 Å². The second-order valence-electron chi connectivity index (χ2n) is 3.43. The van der Waals surface area contributed by atoms with Gasteiger partial charge in [-0.05, 0) is 6.42 Å². The average molecular weight is 232 g/mol. The Bertz CT molecular complexity index is 242. The molecule has 1 unspecified atom stereocenters. The number of amides is 1. The second-order valence-corrected chi connectivity index (χ2v) is 4.46. The SMILES string of the molecule is CCCN(CC(=O)O)C(=O)C1CSCN1. The van der Waals surface area contributed by atoms with Gasteiger partial charge < -0.3 is 10.0 Å². The Morgan fingerprint density at radius 2 is 2.33 bits per heavy atom. The van der Waals surface area contributed by atoms with Crippen LogP contribution in [-0.4, -0.2) is 52.6 Å². The first-order valence-corrected chi connectivity index (χ1v) is 6.12.